The molecule has 1 heterocycles. The molecule has 2 rings (SSSR count). The van der Waals surface area contributed by atoms with Crippen LogP contribution in [0.15, 0.2) is 18.2 Å². The van der Waals surface area contributed by atoms with Crippen molar-refractivity contribution in [3.63, 3.8) is 0 Å². The first-order chi connectivity index (χ1) is 7.75. The fourth-order valence-corrected chi connectivity index (χ4v) is 1.87. The molecule has 1 aromatic carbocycles. The third-order valence-electron chi connectivity index (χ3n) is 2.18. The van der Waals surface area contributed by atoms with Gasteiger partial charge in [0.25, 0.3) is 0 Å². The summed E-state index contributed by atoms with van der Waals surface area (Å²) in [7, 11) is -0.618. The lowest BCUT2D eigenvalue weighted by molar-refractivity contribution is 0.0486. The number of hydrogen-bond acceptors (Lipinski definition) is 3. The Hall–Kier alpha value is -0.175. The Morgan fingerprint density at radius 2 is 2.12 bits per heavy atom. The molecule has 1 aliphatic rings. The van der Waals surface area contributed by atoms with Crippen LogP contribution in [-0.4, -0.2) is 20.5 Å². The normalized spacial score (nSPS) is 16.5. The SMILES string of the molecule is Fc1ccc(I)c(COB2OCCCO2)c1. The summed E-state index contributed by atoms with van der Waals surface area (Å²) >= 11 is 2.14. The largest absolute Gasteiger partial charge is 0.639 e. The molecule has 0 unspecified atom stereocenters. The Balaban J connectivity index is 1.90. The van der Waals surface area contributed by atoms with Crippen molar-refractivity contribution in [3.05, 3.63) is 33.1 Å². The maximum absolute atomic E-state index is 13.0. The molecular weight excluding hydrogens is 325 g/mol. The van der Waals surface area contributed by atoms with Crippen LogP contribution in [0.1, 0.15) is 12.0 Å². The molecule has 0 radical (unpaired) electrons. The van der Waals surface area contributed by atoms with Crippen molar-refractivity contribution in [1.82, 2.24) is 0 Å². The van der Waals surface area contributed by atoms with Gasteiger partial charge in [-0.3, -0.25) is 0 Å². The van der Waals surface area contributed by atoms with E-state index in [4.69, 9.17) is 14.0 Å². The lowest BCUT2D eigenvalue weighted by atomic mass is 10.1. The minimum atomic E-state index is -0.618. The Morgan fingerprint density at radius 3 is 2.88 bits per heavy atom. The molecule has 0 bridgehead atoms. The van der Waals surface area contributed by atoms with Crippen LogP contribution in [0.4, 0.5) is 4.39 Å². The van der Waals surface area contributed by atoms with E-state index in [0.717, 1.165) is 15.6 Å². The maximum atomic E-state index is 13.0. The number of hydrogen-bond donors (Lipinski definition) is 0. The van der Waals surface area contributed by atoms with E-state index >= 15 is 0 Å². The minimum Gasteiger partial charge on any atom is -0.386 e. The smallest absolute Gasteiger partial charge is 0.386 e. The van der Waals surface area contributed by atoms with Crippen molar-refractivity contribution in [1.29, 1.82) is 0 Å². The Bertz CT molecular complexity index is 358. The fourth-order valence-electron chi connectivity index (χ4n) is 1.37. The molecule has 1 aliphatic heterocycles. The summed E-state index contributed by atoms with van der Waals surface area (Å²) in [6.07, 6.45) is 0.886. The second kappa shape index (κ2) is 5.95. The average molecular weight is 336 g/mol. The highest BCUT2D eigenvalue weighted by Gasteiger charge is 2.24. The quantitative estimate of drug-likeness (QED) is 0.627. The van der Waals surface area contributed by atoms with Gasteiger partial charge in [0.1, 0.15) is 5.82 Å². The van der Waals surface area contributed by atoms with Crippen LogP contribution in [-0.2, 0) is 20.6 Å². The molecule has 16 heavy (non-hydrogen) atoms. The highest BCUT2D eigenvalue weighted by atomic mass is 127. The first-order valence-corrected chi connectivity index (χ1v) is 6.12. The first-order valence-electron chi connectivity index (χ1n) is 5.04. The summed E-state index contributed by atoms with van der Waals surface area (Å²) in [5, 5.41) is 0. The molecule has 6 heteroatoms. The Morgan fingerprint density at radius 1 is 1.38 bits per heavy atom. The van der Waals surface area contributed by atoms with Crippen LogP contribution in [0.5, 0.6) is 0 Å². The summed E-state index contributed by atoms with van der Waals surface area (Å²) in [5.41, 5.74) is 0.804. The molecule has 0 N–H and O–H groups in total. The van der Waals surface area contributed by atoms with Crippen molar-refractivity contribution in [2.24, 2.45) is 0 Å². The molecule has 1 saturated heterocycles. The molecule has 0 spiro atoms. The van der Waals surface area contributed by atoms with Crippen LogP contribution >= 0.6 is 22.6 Å². The maximum Gasteiger partial charge on any atom is 0.639 e. The summed E-state index contributed by atoms with van der Waals surface area (Å²) in [4.78, 5) is 0. The molecular formula is C10H11BFIO3. The van der Waals surface area contributed by atoms with E-state index in [9.17, 15) is 4.39 Å². The van der Waals surface area contributed by atoms with Gasteiger partial charge in [-0.25, -0.2) is 4.39 Å². The number of benzene rings is 1. The van der Waals surface area contributed by atoms with Crippen molar-refractivity contribution >= 4 is 29.9 Å². The van der Waals surface area contributed by atoms with Crippen molar-refractivity contribution < 1.29 is 18.4 Å². The van der Waals surface area contributed by atoms with Crippen molar-refractivity contribution in [2.75, 3.05) is 13.2 Å². The number of rotatable bonds is 3. The van der Waals surface area contributed by atoms with Crippen LogP contribution in [0, 0.1) is 9.39 Å². The highest BCUT2D eigenvalue weighted by molar-refractivity contribution is 14.1. The summed E-state index contributed by atoms with van der Waals surface area (Å²) < 4.78 is 29.8. The predicted octanol–water partition coefficient (Wildman–Crippen LogP) is 2.37. The van der Waals surface area contributed by atoms with E-state index in [1.54, 1.807) is 6.07 Å². The van der Waals surface area contributed by atoms with Crippen molar-refractivity contribution in [3.8, 4) is 0 Å². The highest BCUT2D eigenvalue weighted by Crippen LogP contribution is 2.16. The van der Waals surface area contributed by atoms with E-state index < -0.39 is 7.32 Å². The average Bonchev–Trinajstić information content (AvgIpc) is 2.32. The van der Waals surface area contributed by atoms with Gasteiger partial charge in [0.15, 0.2) is 0 Å². The molecule has 0 aromatic heterocycles. The Kier molecular flexibility index (Phi) is 4.57. The summed E-state index contributed by atoms with van der Waals surface area (Å²) in [5.74, 6) is -0.260. The van der Waals surface area contributed by atoms with E-state index in [-0.39, 0.29) is 5.82 Å². The van der Waals surface area contributed by atoms with Crippen LogP contribution in [0.2, 0.25) is 0 Å². The lowest BCUT2D eigenvalue weighted by Gasteiger charge is -2.19. The monoisotopic (exact) mass is 336 g/mol. The zero-order chi connectivity index (χ0) is 11.4. The minimum absolute atomic E-state index is 0.260. The van der Waals surface area contributed by atoms with Gasteiger partial charge in [-0.1, -0.05) is 0 Å². The molecule has 0 amide bonds. The van der Waals surface area contributed by atoms with Gasteiger partial charge >= 0.3 is 7.32 Å². The van der Waals surface area contributed by atoms with Gasteiger partial charge in [0.05, 0.1) is 6.61 Å². The molecule has 86 valence electrons. The summed E-state index contributed by atoms with van der Waals surface area (Å²) in [6, 6.07) is 4.61. The number of halogens is 2. The zero-order valence-electron chi connectivity index (χ0n) is 8.62. The van der Waals surface area contributed by atoms with Crippen LogP contribution < -0.4 is 0 Å². The van der Waals surface area contributed by atoms with E-state index in [2.05, 4.69) is 22.6 Å². The summed E-state index contributed by atoms with van der Waals surface area (Å²) in [6.45, 7) is 1.58. The third-order valence-corrected chi connectivity index (χ3v) is 3.23. The second-order valence-electron chi connectivity index (χ2n) is 3.43. The van der Waals surface area contributed by atoms with Crippen LogP contribution in [0.25, 0.3) is 0 Å². The van der Waals surface area contributed by atoms with E-state index in [0.29, 0.717) is 19.8 Å². The van der Waals surface area contributed by atoms with Gasteiger partial charge in [-0.2, -0.15) is 0 Å². The van der Waals surface area contributed by atoms with E-state index in [1.165, 1.54) is 12.1 Å². The molecule has 3 nitrogen and oxygen atoms in total. The van der Waals surface area contributed by atoms with E-state index in [1.807, 2.05) is 0 Å². The van der Waals surface area contributed by atoms with Gasteiger partial charge in [-0.15, -0.1) is 0 Å². The molecule has 0 saturated carbocycles. The topological polar surface area (TPSA) is 27.7 Å². The second-order valence-corrected chi connectivity index (χ2v) is 4.59. The van der Waals surface area contributed by atoms with Gasteiger partial charge in [0.2, 0.25) is 0 Å². The zero-order valence-corrected chi connectivity index (χ0v) is 10.8. The predicted molar refractivity (Wildman–Crippen MR) is 66.2 cm³/mol. The molecule has 1 fully saturated rings. The van der Waals surface area contributed by atoms with Crippen molar-refractivity contribution in [2.45, 2.75) is 13.0 Å². The fraction of sp³-hybridized carbons (Fsp3) is 0.400. The standard InChI is InChI=1S/C10H11BFIO3/c12-9-2-3-10(13)8(6-9)7-16-11-14-4-1-5-15-11/h2-3,6H,1,4-5,7H2. The molecule has 0 aliphatic carbocycles. The van der Waals surface area contributed by atoms with Gasteiger partial charge in [-0.05, 0) is 52.8 Å². The van der Waals surface area contributed by atoms with Gasteiger partial charge in [0, 0.05) is 16.8 Å². The first kappa shape index (κ1) is 12.3. The molecule has 1 aromatic rings. The Labute approximate surface area is 108 Å². The van der Waals surface area contributed by atoms with Crippen LogP contribution in [0.3, 0.4) is 0 Å². The molecule has 0 atom stereocenters. The third kappa shape index (κ3) is 3.41. The van der Waals surface area contributed by atoms with Gasteiger partial charge < -0.3 is 14.0 Å². The lowest BCUT2D eigenvalue weighted by Crippen LogP contribution is -2.32.